The molecular formula is C37H23N3. The molecule has 0 fully saturated rings. The zero-order chi connectivity index (χ0) is 26.6. The summed E-state index contributed by atoms with van der Waals surface area (Å²) in [7, 11) is 0. The third kappa shape index (κ3) is 3.11. The summed E-state index contributed by atoms with van der Waals surface area (Å²) in [5.41, 5.74) is 9.09. The minimum absolute atomic E-state index is 0.634. The molecule has 0 unspecified atom stereocenters. The smallest absolute Gasteiger partial charge is 0.101 e. The quantitative estimate of drug-likeness (QED) is 0.233. The number of rotatable bonds is 3. The summed E-state index contributed by atoms with van der Waals surface area (Å²) < 4.78 is 4.63. The zero-order valence-electron chi connectivity index (χ0n) is 21.6. The van der Waals surface area contributed by atoms with Crippen LogP contribution in [-0.4, -0.2) is 9.13 Å². The second kappa shape index (κ2) is 8.73. The molecule has 2 aromatic heterocycles. The minimum Gasteiger partial charge on any atom is -0.309 e. The molecule has 2 heterocycles. The Bertz CT molecular complexity index is 2170. The first kappa shape index (κ1) is 22.4. The van der Waals surface area contributed by atoms with Crippen molar-refractivity contribution in [3.63, 3.8) is 0 Å². The lowest BCUT2D eigenvalue weighted by Gasteiger charge is -2.21. The highest BCUT2D eigenvalue weighted by atomic mass is 15.0. The first-order chi connectivity index (χ1) is 19.8. The largest absolute Gasteiger partial charge is 0.309 e. The van der Waals surface area contributed by atoms with Crippen LogP contribution >= 0.6 is 0 Å². The van der Waals surface area contributed by atoms with E-state index in [1.807, 2.05) is 12.1 Å². The molecule has 0 aliphatic rings. The Morgan fingerprint density at radius 2 is 0.850 bits per heavy atom. The van der Waals surface area contributed by atoms with Crippen molar-refractivity contribution in [2.45, 2.75) is 0 Å². The van der Waals surface area contributed by atoms with Crippen LogP contribution in [0.2, 0.25) is 0 Å². The Balaban J connectivity index is 1.61. The Morgan fingerprint density at radius 1 is 0.425 bits per heavy atom. The van der Waals surface area contributed by atoms with Gasteiger partial charge in [-0.2, -0.15) is 5.26 Å². The van der Waals surface area contributed by atoms with Crippen molar-refractivity contribution >= 4 is 43.6 Å². The van der Waals surface area contributed by atoms with Crippen molar-refractivity contribution < 1.29 is 0 Å². The molecular weight excluding hydrogens is 486 g/mol. The molecule has 40 heavy (non-hydrogen) atoms. The number of nitriles is 1. The van der Waals surface area contributed by atoms with Gasteiger partial charge in [0.2, 0.25) is 0 Å². The van der Waals surface area contributed by atoms with Crippen LogP contribution in [0.4, 0.5) is 0 Å². The van der Waals surface area contributed by atoms with Crippen molar-refractivity contribution in [1.82, 2.24) is 9.13 Å². The van der Waals surface area contributed by atoms with Crippen LogP contribution < -0.4 is 0 Å². The van der Waals surface area contributed by atoms with Gasteiger partial charge in [0.05, 0.1) is 39.0 Å². The molecule has 0 spiro atoms. The molecule has 8 rings (SSSR count). The van der Waals surface area contributed by atoms with Crippen LogP contribution in [0, 0.1) is 11.3 Å². The maximum Gasteiger partial charge on any atom is 0.101 e. The first-order valence-corrected chi connectivity index (χ1v) is 13.4. The maximum atomic E-state index is 10.5. The Kier molecular flexibility index (Phi) is 4.89. The zero-order valence-corrected chi connectivity index (χ0v) is 21.6. The highest BCUT2D eigenvalue weighted by Gasteiger charge is 2.23. The molecule has 0 aliphatic heterocycles. The van der Waals surface area contributed by atoms with E-state index in [-0.39, 0.29) is 0 Å². The lowest BCUT2D eigenvalue weighted by molar-refractivity contribution is 1.13. The van der Waals surface area contributed by atoms with Gasteiger partial charge in [-0.05, 0) is 42.0 Å². The van der Waals surface area contributed by atoms with Gasteiger partial charge in [0.15, 0.2) is 0 Å². The van der Waals surface area contributed by atoms with E-state index in [2.05, 4.69) is 143 Å². The Morgan fingerprint density at radius 3 is 1.32 bits per heavy atom. The van der Waals surface area contributed by atoms with Crippen LogP contribution in [0.5, 0.6) is 0 Å². The summed E-state index contributed by atoms with van der Waals surface area (Å²) in [6, 6.07) is 51.2. The molecule has 0 amide bonds. The molecule has 0 saturated heterocycles. The molecule has 3 heteroatoms. The molecule has 0 atom stereocenters. The highest BCUT2D eigenvalue weighted by molar-refractivity contribution is 6.12. The van der Waals surface area contributed by atoms with Gasteiger partial charge in [0.25, 0.3) is 0 Å². The van der Waals surface area contributed by atoms with Gasteiger partial charge in [-0.15, -0.1) is 0 Å². The summed E-state index contributed by atoms with van der Waals surface area (Å²) in [5.74, 6) is 0. The summed E-state index contributed by atoms with van der Waals surface area (Å²) in [6.07, 6.45) is 0. The predicted octanol–water partition coefficient (Wildman–Crippen LogP) is 9.42. The van der Waals surface area contributed by atoms with Gasteiger partial charge in [0, 0.05) is 27.1 Å². The van der Waals surface area contributed by atoms with Crippen LogP contribution in [0.3, 0.4) is 0 Å². The predicted molar refractivity (Wildman–Crippen MR) is 165 cm³/mol. The number of para-hydroxylation sites is 4. The van der Waals surface area contributed by atoms with E-state index in [0.717, 1.165) is 44.6 Å². The highest BCUT2D eigenvalue weighted by Crippen LogP contribution is 2.43. The number of nitrogens with zero attached hydrogens (tertiary/aromatic N) is 3. The van der Waals surface area contributed by atoms with E-state index >= 15 is 0 Å². The molecule has 0 N–H and O–H groups in total. The van der Waals surface area contributed by atoms with E-state index in [1.165, 1.54) is 21.5 Å². The average Bonchev–Trinajstić information content (AvgIpc) is 3.54. The minimum atomic E-state index is 0.634. The van der Waals surface area contributed by atoms with E-state index in [1.54, 1.807) is 0 Å². The summed E-state index contributed by atoms with van der Waals surface area (Å²) >= 11 is 0. The number of hydrogen-bond acceptors (Lipinski definition) is 1. The SMILES string of the molecule is N#Cc1ccc(-n2c3ccccc3c3ccccc32)c(-c2ccccc2)c1-n1c2ccccc2c2ccccc21. The van der Waals surface area contributed by atoms with Crippen LogP contribution in [-0.2, 0) is 0 Å². The average molecular weight is 510 g/mol. The van der Waals surface area contributed by atoms with Gasteiger partial charge in [-0.1, -0.05) is 103 Å². The summed E-state index contributed by atoms with van der Waals surface area (Å²) in [5, 5.41) is 15.3. The van der Waals surface area contributed by atoms with E-state index in [4.69, 9.17) is 0 Å². The fourth-order valence-corrected chi connectivity index (χ4v) is 6.32. The normalized spacial score (nSPS) is 11.5. The lowest BCUT2D eigenvalue weighted by atomic mass is 9.97. The molecule has 186 valence electrons. The van der Waals surface area contributed by atoms with Gasteiger partial charge in [-0.25, -0.2) is 0 Å². The third-order valence-electron chi connectivity index (χ3n) is 7.96. The van der Waals surface area contributed by atoms with Crippen molar-refractivity contribution in [2.75, 3.05) is 0 Å². The first-order valence-electron chi connectivity index (χ1n) is 13.4. The van der Waals surface area contributed by atoms with Gasteiger partial charge >= 0.3 is 0 Å². The molecule has 6 aromatic carbocycles. The fourth-order valence-electron chi connectivity index (χ4n) is 6.32. The molecule has 0 radical (unpaired) electrons. The topological polar surface area (TPSA) is 33.6 Å². The van der Waals surface area contributed by atoms with E-state index in [0.29, 0.717) is 5.56 Å². The van der Waals surface area contributed by atoms with Gasteiger partial charge in [0.1, 0.15) is 6.07 Å². The molecule has 3 nitrogen and oxygen atoms in total. The van der Waals surface area contributed by atoms with Crippen LogP contribution in [0.1, 0.15) is 5.56 Å². The number of benzene rings is 6. The Hall–Kier alpha value is -5.59. The van der Waals surface area contributed by atoms with Gasteiger partial charge < -0.3 is 9.13 Å². The van der Waals surface area contributed by atoms with Crippen molar-refractivity contribution in [3.8, 4) is 28.6 Å². The summed E-state index contributed by atoms with van der Waals surface area (Å²) in [6.45, 7) is 0. The van der Waals surface area contributed by atoms with Gasteiger partial charge in [-0.3, -0.25) is 0 Å². The van der Waals surface area contributed by atoms with E-state index in [9.17, 15) is 5.26 Å². The van der Waals surface area contributed by atoms with E-state index < -0.39 is 0 Å². The lowest BCUT2D eigenvalue weighted by Crippen LogP contribution is -2.06. The molecule has 0 bridgehead atoms. The van der Waals surface area contributed by atoms with Crippen molar-refractivity contribution in [2.24, 2.45) is 0 Å². The third-order valence-corrected chi connectivity index (χ3v) is 7.96. The molecule has 0 saturated carbocycles. The monoisotopic (exact) mass is 509 g/mol. The maximum absolute atomic E-state index is 10.5. The second-order valence-electron chi connectivity index (χ2n) is 10.1. The number of hydrogen-bond donors (Lipinski definition) is 0. The second-order valence-corrected chi connectivity index (χ2v) is 10.1. The summed E-state index contributed by atoms with van der Waals surface area (Å²) in [4.78, 5) is 0. The van der Waals surface area contributed by atoms with Crippen molar-refractivity contribution in [3.05, 3.63) is 145 Å². The number of fused-ring (bicyclic) bond motifs is 6. The standard InChI is InChI=1S/C37H23N3/c38-24-26-22-23-35(39-31-18-8-4-14-27(31)28-15-5-9-19-32(28)39)36(25-12-2-1-3-13-25)37(26)40-33-20-10-6-16-29(33)30-17-7-11-21-34(30)40/h1-23H. The van der Waals surface area contributed by atoms with Crippen molar-refractivity contribution in [1.29, 1.82) is 5.26 Å². The molecule has 8 aromatic rings. The fraction of sp³-hybridized carbons (Fsp3) is 0. The Labute approximate surface area is 231 Å². The van der Waals surface area contributed by atoms with Crippen LogP contribution in [0.15, 0.2) is 140 Å². The number of aromatic nitrogens is 2. The van der Waals surface area contributed by atoms with Crippen LogP contribution in [0.25, 0.3) is 66.1 Å². The molecule has 0 aliphatic carbocycles.